The molecular formula is C29H26BrClN6O. The van der Waals surface area contributed by atoms with Crippen molar-refractivity contribution in [3.8, 4) is 11.3 Å². The number of anilines is 3. The molecule has 2 amide bonds. The van der Waals surface area contributed by atoms with Crippen LogP contribution in [0.1, 0.15) is 30.9 Å². The zero-order valence-electron chi connectivity index (χ0n) is 20.9. The fourth-order valence-corrected chi connectivity index (χ4v) is 4.59. The van der Waals surface area contributed by atoms with Crippen LogP contribution in [0.5, 0.6) is 0 Å². The van der Waals surface area contributed by atoms with Crippen LogP contribution in [0.2, 0.25) is 5.02 Å². The number of urea groups is 1. The van der Waals surface area contributed by atoms with E-state index in [1.807, 2.05) is 78.9 Å². The van der Waals surface area contributed by atoms with Gasteiger partial charge in [0.2, 0.25) is 0 Å². The van der Waals surface area contributed by atoms with Gasteiger partial charge in [0.05, 0.1) is 16.4 Å². The third kappa shape index (κ3) is 5.82. The van der Waals surface area contributed by atoms with Gasteiger partial charge in [0, 0.05) is 34.6 Å². The average molecular weight is 590 g/mol. The lowest BCUT2D eigenvalue weighted by Gasteiger charge is -2.12. The van der Waals surface area contributed by atoms with Crippen LogP contribution in [0, 0.1) is 0 Å². The number of amides is 2. The maximum Gasteiger partial charge on any atom is 0.323 e. The highest BCUT2D eigenvalue weighted by Gasteiger charge is 2.13. The van der Waals surface area contributed by atoms with Crippen molar-refractivity contribution in [2.24, 2.45) is 0 Å². The van der Waals surface area contributed by atoms with Crippen molar-refractivity contribution in [1.29, 1.82) is 0 Å². The highest BCUT2D eigenvalue weighted by atomic mass is 79.9. The van der Waals surface area contributed by atoms with E-state index in [1.165, 1.54) is 5.56 Å². The van der Waals surface area contributed by atoms with E-state index in [4.69, 9.17) is 16.6 Å². The summed E-state index contributed by atoms with van der Waals surface area (Å²) in [6.45, 7) is 4.83. The Morgan fingerprint density at radius 2 is 1.63 bits per heavy atom. The zero-order chi connectivity index (χ0) is 26.6. The van der Waals surface area contributed by atoms with Crippen molar-refractivity contribution in [1.82, 2.24) is 14.6 Å². The molecule has 0 bridgehead atoms. The smallest absolute Gasteiger partial charge is 0.323 e. The van der Waals surface area contributed by atoms with Gasteiger partial charge in [-0.3, -0.25) is 0 Å². The quantitative estimate of drug-likeness (QED) is 0.179. The maximum absolute atomic E-state index is 12.4. The Labute approximate surface area is 234 Å². The number of carbonyl (C=O) groups is 1. The Morgan fingerprint density at radius 1 is 0.974 bits per heavy atom. The summed E-state index contributed by atoms with van der Waals surface area (Å²) in [5, 5.41) is 14.3. The molecule has 5 aromatic rings. The van der Waals surface area contributed by atoms with Crippen LogP contribution in [0.25, 0.3) is 16.9 Å². The summed E-state index contributed by atoms with van der Waals surface area (Å²) >= 11 is 9.97. The molecule has 38 heavy (non-hydrogen) atoms. The van der Waals surface area contributed by atoms with Crippen molar-refractivity contribution in [3.63, 3.8) is 0 Å². The van der Waals surface area contributed by atoms with Crippen LogP contribution in [-0.2, 0) is 6.54 Å². The van der Waals surface area contributed by atoms with Crippen LogP contribution in [0.4, 0.5) is 22.0 Å². The molecule has 3 aromatic carbocycles. The number of rotatable bonds is 7. The van der Waals surface area contributed by atoms with Gasteiger partial charge in [-0.05, 0) is 63.3 Å². The molecule has 0 fully saturated rings. The van der Waals surface area contributed by atoms with Crippen LogP contribution < -0.4 is 16.0 Å². The first-order chi connectivity index (χ1) is 18.4. The Kier molecular flexibility index (Phi) is 7.62. The standard InChI is InChI=1S/C29H26BrClN6O/c1-18(2)20-9-13-22(14-10-20)35-29(38)34-21-11-7-19(8-12-21)16-32-27-15-26(23-5-3-4-6-25(23)31)36-28-24(30)17-33-37(27)28/h3-15,17-18,32H,16H2,1-2H3,(H2,34,35,38). The maximum atomic E-state index is 12.4. The van der Waals surface area contributed by atoms with Gasteiger partial charge < -0.3 is 16.0 Å². The van der Waals surface area contributed by atoms with E-state index in [0.717, 1.165) is 32.8 Å². The first kappa shape index (κ1) is 25.8. The van der Waals surface area contributed by atoms with E-state index in [9.17, 15) is 4.79 Å². The van der Waals surface area contributed by atoms with Gasteiger partial charge in [0.1, 0.15) is 5.82 Å². The Hall–Kier alpha value is -3.88. The van der Waals surface area contributed by atoms with Gasteiger partial charge >= 0.3 is 6.03 Å². The second kappa shape index (κ2) is 11.2. The lowest BCUT2D eigenvalue weighted by Crippen LogP contribution is -2.19. The number of nitrogens with zero attached hydrogens (tertiary/aromatic N) is 3. The predicted molar refractivity (Wildman–Crippen MR) is 158 cm³/mol. The summed E-state index contributed by atoms with van der Waals surface area (Å²) < 4.78 is 2.54. The Balaban J connectivity index is 1.26. The van der Waals surface area contributed by atoms with E-state index < -0.39 is 0 Å². The van der Waals surface area contributed by atoms with E-state index >= 15 is 0 Å². The highest BCUT2D eigenvalue weighted by molar-refractivity contribution is 9.10. The molecule has 3 N–H and O–H groups in total. The number of aromatic nitrogens is 3. The van der Waals surface area contributed by atoms with Gasteiger partial charge in [-0.2, -0.15) is 9.61 Å². The molecule has 0 saturated heterocycles. The van der Waals surface area contributed by atoms with Crippen LogP contribution in [-0.4, -0.2) is 20.6 Å². The minimum atomic E-state index is -0.288. The molecule has 0 aliphatic rings. The van der Waals surface area contributed by atoms with Crippen LogP contribution in [0.3, 0.4) is 0 Å². The van der Waals surface area contributed by atoms with E-state index in [2.05, 4.69) is 50.8 Å². The molecule has 9 heteroatoms. The number of hydrogen-bond acceptors (Lipinski definition) is 4. The number of carbonyl (C=O) groups excluding carboxylic acids is 1. The summed E-state index contributed by atoms with van der Waals surface area (Å²) in [4.78, 5) is 17.2. The molecule has 0 saturated carbocycles. The fourth-order valence-electron chi connectivity index (χ4n) is 4.01. The number of nitrogens with one attached hydrogen (secondary N) is 3. The third-order valence-corrected chi connectivity index (χ3v) is 6.99. The molecule has 0 radical (unpaired) electrons. The second-order valence-corrected chi connectivity index (χ2v) is 10.4. The van der Waals surface area contributed by atoms with E-state index in [0.29, 0.717) is 28.8 Å². The second-order valence-electron chi connectivity index (χ2n) is 9.14. The molecule has 5 rings (SSSR count). The van der Waals surface area contributed by atoms with Crippen LogP contribution in [0.15, 0.2) is 89.5 Å². The Bertz CT molecular complexity index is 1580. The molecule has 0 atom stereocenters. The molecule has 0 aliphatic carbocycles. The minimum absolute atomic E-state index is 0.288. The number of hydrogen-bond donors (Lipinski definition) is 3. The number of halogens is 2. The molecule has 0 aliphatic heterocycles. The topological polar surface area (TPSA) is 83.4 Å². The van der Waals surface area contributed by atoms with E-state index in [-0.39, 0.29) is 6.03 Å². The molecule has 2 heterocycles. The van der Waals surface area contributed by atoms with Gasteiger partial charge in [0.15, 0.2) is 5.65 Å². The van der Waals surface area contributed by atoms with Crippen molar-refractivity contribution in [2.75, 3.05) is 16.0 Å². The monoisotopic (exact) mass is 588 g/mol. The largest absolute Gasteiger partial charge is 0.366 e. The predicted octanol–water partition coefficient (Wildman–Crippen LogP) is 8.19. The molecule has 0 unspecified atom stereocenters. The molecule has 2 aromatic heterocycles. The van der Waals surface area contributed by atoms with Crippen molar-refractivity contribution in [3.05, 3.63) is 106 Å². The SMILES string of the molecule is CC(C)c1ccc(NC(=O)Nc2ccc(CNc3cc(-c4ccccc4Cl)nc4c(Br)cnn34)cc2)cc1. The first-order valence-corrected chi connectivity index (χ1v) is 13.3. The fraction of sp³-hybridized carbons (Fsp3) is 0.138. The van der Waals surface area contributed by atoms with Gasteiger partial charge in [-0.15, -0.1) is 0 Å². The average Bonchev–Trinajstić information content (AvgIpc) is 3.29. The molecule has 7 nitrogen and oxygen atoms in total. The normalized spacial score (nSPS) is 11.1. The van der Waals surface area contributed by atoms with Gasteiger partial charge in [0.25, 0.3) is 0 Å². The summed E-state index contributed by atoms with van der Waals surface area (Å²) in [7, 11) is 0. The van der Waals surface area contributed by atoms with Crippen molar-refractivity contribution in [2.45, 2.75) is 26.3 Å². The van der Waals surface area contributed by atoms with Crippen molar-refractivity contribution < 1.29 is 4.79 Å². The zero-order valence-corrected chi connectivity index (χ0v) is 23.2. The molecule has 0 spiro atoms. The summed E-state index contributed by atoms with van der Waals surface area (Å²) in [6.07, 6.45) is 1.72. The molecular weight excluding hydrogens is 564 g/mol. The van der Waals surface area contributed by atoms with E-state index in [1.54, 1.807) is 10.7 Å². The lowest BCUT2D eigenvalue weighted by atomic mass is 10.0. The summed E-state index contributed by atoms with van der Waals surface area (Å²) in [5.74, 6) is 1.22. The van der Waals surface area contributed by atoms with Crippen molar-refractivity contribution >= 4 is 56.4 Å². The number of benzene rings is 3. The highest BCUT2D eigenvalue weighted by Crippen LogP contribution is 2.30. The summed E-state index contributed by atoms with van der Waals surface area (Å²) in [5.41, 5.74) is 6.00. The third-order valence-electron chi connectivity index (χ3n) is 6.10. The first-order valence-electron chi connectivity index (χ1n) is 12.2. The van der Waals surface area contributed by atoms with Gasteiger partial charge in [-0.1, -0.05) is 67.9 Å². The minimum Gasteiger partial charge on any atom is -0.366 e. The number of fused-ring (bicyclic) bond motifs is 1. The van der Waals surface area contributed by atoms with Gasteiger partial charge in [-0.25, -0.2) is 9.78 Å². The summed E-state index contributed by atoms with van der Waals surface area (Å²) in [6, 6.07) is 24.8. The van der Waals surface area contributed by atoms with Crippen LogP contribution >= 0.6 is 27.5 Å². The lowest BCUT2D eigenvalue weighted by molar-refractivity contribution is 0.262. The Morgan fingerprint density at radius 3 is 2.29 bits per heavy atom. The molecule has 192 valence electrons.